The standard InChI is InChI=1S/C34H33ClN2O2/c1-23-21-24(15-17-28(23)34(38)39)9-8-14-29-30-22-27(35)16-18-31(30)37(32(29)19-20-36)33(25-10-4-2-5-11-25)26-12-6-3-7-13-26/h2-7,10-13,15-18,21-22,33H,8-9,14,19-20,36H2,1H3,(H,38,39). The van der Waals surface area contributed by atoms with E-state index in [1.807, 2.05) is 25.1 Å². The molecule has 0 atom stereocenters. The van der Waals surface area contributed by atoms with Crippen molar-refractivity contribution in [2.75, 3.05) is 6.54 Å². The van der Waals surface area contributed by atoms with Gasteiger partial charge < -0.3 is 15.4 Å². The highest BCUT2D eigenvalue weighted by Gasteiger charge is 2.25. The van der Waals surface area contributed by atoms with Crippen molar-refractivity contribution in [2.24, 2.45) is 5.73 Å². The van der Waals surface area contributed by atoms with Crippen molar-refractivity contribution < 1.29 is 9.90 Å². The molecular weight excluding hydrogens is 504 g/mol. The molecule has 0 unspecified atom stereocenters. The SMILES string of the molecule is Cc1cc(CCCc2c(CCN)n(C(c3ccccc3)c3ccccc3)c3ccc(Cl)cc23)ccc1C(=O)O. The molecule has 0 saturated carbocycles. The summed E-state index contributed by atoms with van der Waals surface area (Å²) in [5, 5.41) is 11.3. The highest BCUT2D eigenvalue weighted by atomic mass is 35.5. The Balaban J connectivity index is 1.59. The zero-order chi connectivity index (χ0) is 27.4. The number of nitrogens with two attached hydrogens (primary N) is 1. The van der Waals surface area contributed by atoms with Gasteiger partial charge in [-0.05, 0) is 84.8 Å². The van der Waals surface area contributed by atoms with Crippen molar-refractivity contribution in [2.45, 2.75) is 38.6 Å². The number of carboxylic acids is 1. The molecule has 1 aromatic heterocycles. The lowest BCUT2D eigenvalue weighted by molar-refractivity contribution is 0.0696. The monoisotopic (exact) mass is 536 g/mol. The minimum absolute atomic E-state index is 0.00223. The Morgan fingerprint density at radius 1 is 0.872 bits per heavy atom. The van der Waals surface area contributed by atoms with E-state index >= 15 is 0 Å². The molecule has 198 valence electrons. The molecule has 5 heteroatoms. The quantitative estimate of drug-likeness (QED) is 0.193. The maximum Gasteiger partial charge on any atom is 0.335 e. The Bertz CT molecular complexity index is 1550. The average Bonchev–Trinajstić information content (AvgIpc) is 3.22. The number of fused-ring (bicyclic) bond motifs is 1. The molecule has 4 aromatic carbocycles. The zero-order valence-electron chi connectivity index (χ0n) is 22.1. The lowest BCUT2D eigenvalue weighted by Crippen LogP contribution is -2.18. The van der Waals surface area contributed by atoms with Gasteiger partial charge in [0.25, 0.3) is 0 Å². The predicted molar refractivity (Wildman–Crippen MR) is 160 cm³/mol. The molecule has 5 aromatic rings. The summed E-state index contributed by atoms with van der Waals surface area (Å²) in [6.45, 7) is 2.40. The number of aryl methyl sites for hydroxylation is 3. The van der Waals surface area contributed by atoms with Crippen LogP contribution in [-0.4, -0.2) is 22.2 Å². The second kappa shape index (κ2) is 11.9. The van der Waals surface area contributed by atoms with Crippen molar-refractivity contribution >= 4 is 28.5 Å². The minimum atomic E-state index is -0.887. The van der Waals surface area contributed by atoms with Gasteiger partial charge in [-0.15, -0.1) is 0 Å². The fourth-order valence-corrected chi connectivity index (χ4v) is 5.91. The zero-order valence-corrected chi connectivity index (χ0v) is 22.9. The summed E-state index contributed by atoms with van der Waals surface area (Å²) in [5.74, 6) is -0.887. The molecule has 0 amide bonds. The number of carboxylic acid groups (broad SMARTS) is 1. The summed E-state index contributed by atoms with van der Waals surface area (Å²) in [4.78, 5) is 11.4. The van der Waals surface area contributed by atoms with Gasteiger partial charge in [-0.3, -0.25) is 0 Å². The van der Waals surface area contributed by atoms with Crippen LogP contribution in [-0.2, 0) is 19.3 Å². The van der Waals surface area contributed by atoms with Gasteiger partial charge in [0.05, 0.1) is 11.6 Å². The molecule has 0 fully saturated rings. The summed E-state index contributed by atoms with van der Waals surface area (Å²) in [6, 6.07) is 33.0. The van der Waals surface area contributed by atoms with E-state index < -0.39 is 5.97 Å². The predicted octanol–water partition coefficient (Wildman–Crippen LogP) is 7.62. The normalized spacial score (nSPS) is 11.4. The molecular formula is C34H33ClN2O2. The molecule has 0 spiro atoms. The van der Waals surface area contributed by atoms with E-state index in [0.29, 0.717) is 12.1 Å². The fourth-order valence-electron chi connectivity index (χ4n) is 5.74. The number of hydrogen-bond donors (Lipinski definition) is 2. The minimum Gasteiger partial charge on any atom is -0.478 e. The molecule has 0 aliphatic carbocycles. The Labute approximate surface area is 234 Å². The van der Waals surface area contributed by atoms with Crippen LogP contribution >= 0.6 is 11.6 Å². The number of hydrogen-bond acceptors (Lipinski definition) is 2. The highest BCUT2D eigenvalue weighted by molar-refractivity contribution is 6.31. The van der Waals surface area contributed by atoms with Gasteiger partial charge in [0.15, 0.2) is 0 Å². The summed E-state index contributed by atoms with van der Waals surface area (Å²) < 4.78 is 2.46. The van der Waals surface area contributed by atoms with Crippen LogP contribution in [0.15, 0.2) is 97.1 Å². The third-order valence-corrected chi connectivity index (χ3v) is 7.70. The second-order valence-electron chi connectivity index (χ2n) is 10.0. The molecule has 0 bridgehead atoms. The number of aromatic nitrogens is 1. The first-order valence-corrected chi connectivity index (χ1v) is 13.8. The van der Waals surface area contributed by atoms with Crippen LogP contribution in [0.3, 0.4) is 0 Å². The molecule has 0 radical (unpaired) electrons. The van der Waals surface area contributed by atoms with Crippen molar-refractivity contribution in [1.29, 1.82) is 0 Å². The van der Waals surface area contributed by atoms with Gasteiger partial charge in [0, 0.05) is 28.0 Å². The topological polar surface area (TPSA) is 68.2 Å². The summed E-state index contributed by atoms with van der Waals surface area (Å²) in [6.07, 6.45) is 3.41. The maximum absolute atomic E-state index is 11.4. The van der Waals surface area contributed by atoms with Crippen LogP contribution < -0.4 is 5.73 Å². The molecule has 0 aliphatic heterocycles. The first kappa shape index (κ1) is 26.7. The Hall–Kier alpha value is -3.86. The third-order valence-electron chi connectivity index (χ3n) is 7.47. The molecule has 4 nitrogen and oxygen atoms in total. The Kier molecular flexibility index (Phi) is 8.16. The van der Waals surface area contributed by atoms with Crippen molar-refractivity contribution in [1.82, 2.24) is 4.57 Å². The molecule has 1 heterocycles. The molecule has 0 aliphatic rings. The Morgan fingerprint density at radius 3 is 2.13 bits per heavy atom. The van der Waals surface area contributed by atoms with Crippen LogP contribution in [0.25, 0.3) is 10.9 Å². The number of carbonyl (C=O) groups is 1. The van der Waals surface area contributed by atoms with E-state index in [0.717, 1.165) is 47.3 Å². The highest BCUT2D eigenvalue weighted by Crippen LogP contribution is 2.38. The van der Waals surface area contributed by atoms with E-state index in [2.05, 4.69) is 77.4 Å². The van der Waals surface area contributed by atoms with Gasteiger partial charge >= 0.3 is 5.97 Å². The summed E-state index contributed by atoms with van der Waals surface area (Å²) in [7, 11) is 0. The molecule has 0 saturated heterocycles. The smallest absolute Gasteiger partial charge is 0.335 e. The van der Waals surface area contributed by atoms with Crippen LogP contribution in [0.1, 0.15) is 56.3 Å². The largest absolute Gasteiger partial charge is 0.478 e. The van der Waals surface area contributed by atoms with Gasteiger partial charge in [0.2, 0.25) is 0 Å². The van der Waals surface area contributed by atoms with Crippen molar-refractivity contribution in [3.05, 3.63) is 141 Å². The number of aromatic carboxylic acids is 1. The van der Waals surface area contributed by atoms with Gasteiger partial charge in [-0.25, -0.2) is 4.79 Å². The average molecular weight is 537 g/mol. The van der Waals surface area contributed by atoms with Gasteiger partial charge in [-0.1, -0.05) is 84.4 Å². The van der Waals surface area contributed by atoms with Gasteiger partial charge in [-0.2, -0.15) is 0 Å². The van der Waals surface area contributed by atoms with Crippen molar-refractivity contribution in [3.8, 4) is 0 Å². The first-order valence-electron chi connectivity index (χ1n) is 13.4. The van der Waals surface area contributed by atoms with Crippen LogP contribution in [0, 0.1) is 6.92 Å². The second-order valence-corrected chi connectivity index (χ2v) is 10.5. The maximum atomic E-state index is 11.4. The Morgan fingerprint density at radius 2 is 1.54 bits per heavy atom. The van der Waals surface area contributed by atoms with Crippen LogP contribution in [0.5, 0.6) is 0 Å². The van der Waals surface area contributed by atoms with Crippen LogP contribution in [0.4, 0.5) is 0 Å². The van der Waals surface area contributed by atoms with E-state index in [1.165, 1.54) is 27.8 Å². The first-order chi connectivity index (χ1) is 19.0. The third kappa shape index (κ3) is 5.63. The summed E-state index contributed by atoms with van der Waals surface area (Å²) in [5.41, 5.74) is 14.6. The van der Waals surface area contributed by atoms with E-state index in [4.69, 9.17) is 17.3 Å². The number of rotatable bonds is 10. The van der Waals surface area contributed by atoms with Crippen molar-refractivity contribution in [3.63, 3.8) is 0 Å². The summed E-state index contributed by atoms with van der Waals surface area (Å²) >= 11 is 6.55. The molecule has 3 N–H and O–H groups in total. The van der Waals surface area contributed by atoms with Crippen LogP contribution in [0.2, 0.25) is 5.02 Å². The van der Waals surface area contributed by atoms with E-state index in [1.54, 1.807) is 6.07 Å². The fraction of sp³-hybridized carbons (Fsp3) is 0.206. The van der Waals surface area contributed by atoms with E-state index in [9.17, 15) is 9.90 Å². The number of benzene rings is 4. The molecule has 5 rings (SSSR count). The lowest BCUT2D eigenvalue weighted by atomic mass is 9.97. The van der Waals surface area contributed by atoms with E-state index in [-0.39, 0.29) is 6.04 Å². The number of halogens is 1. The molecule has 39 heavy (non-hydrogen) atoms. The number of nitrogens with zero attached hydrogens (tertiary/aromatic N) is 1. The lowest BCUT2D eigenvalue weighted by Gasteiger charge is -2.25. The van der Waals surface area contributed by atoms with Gasteiger partial charge in [0.1, 0.15) is 0 Å².